The molecule has 11 heteroatoms. The van der Waals surface area contributed by atoms with Gasteiger partial charge in [-0.1, -0.05) is 24.3 Å². The number of carbonyl (C=O) groups excluding carboxylic acids is 2. The van der Waals surface area contributed by atoms with Crippen LogP contribution in [-0.2, 0) is 35.3 Å². The second kappa shape index (κ2) is 15.5. The number of aromatic nitrogens is 2. The minimum atomic E-state index is -0.697. The maximum Gasteiger partial charge on any atom is 0.269 e. The number of nitrogens with zero attached hydrogens (tertiary/aromatic N) is 1. The van der Waals surface area contributed by atoms with Gasteiger partial charge < -0.3 is 37.3 Å². The molecule has 0 spiro atoms. The molecule has 3 rings (SSSR count). The van der Waals surface area contributed by atoms with Gasteiger partial charge in [0.25, 0.3) is 5.56 Å². The van der Waals surface area contributed by atoms with Gasteiger partial charge in [0.05, 0.1) is 17.8 Å². The number of aryl methyl sites for hydroxylation is 3. The molecule has 0 bridgehead atoms. The molecule has 41 heavy (non-hydrogen) atoms. The van der Waals surface area contributed by atoms with E-state index in [1.54, 1.807) is 48.5 Å². The van der Waals surface area contributed by atoms with E-state index in [-0.39, 0.29) is 28.9 Å². The molecule has 0 fully saturated rings. The number of rotatable bonds is 15. The topological polar surface area (TPSA) is 196 Å². The zero-order valence-electron chi connectivity index (χ0n) is 23.4. The second-order valence-electron chi connectivity index (χ2n) is 10.2. The maximum atomic E-state index is 12.6. The monoisotopic (exact) mass is 564 g/mol. The summed E-state index contributed by atoms with van der Waals surface area (Å²) < 4.78 is 0. The summed E-state index contributed by atoms with van der Waals surface area (Å²) in [5, 5.41) is 24.4. The second-order valence-corrected chi connectivity index (χ2v) is 10.2. The number of unbranched alkanes of at least 4 members (excludes halogenated alkanes) is 1. The number of hydrogen-bond acceptors (Lipinski definition) is 8. The van der Waals surface area contributed by atoms with E-state index in [4.69, 9.17) is 11.5 Å². The lowest BCUT2D eigenvalue weighted by molar-refractivity contribution is -0.123. The number of nitrogens with one attached hydrogen (secondary N) is 3. The number of phenolic OH excluding ortho intramolecular Hbond substituents is 2. The van der Waals surface area contributed by atoms with Gasteiger partial charge in [-0.3, -0.25) is 19.4 Å². The van der Waals surface area contributed by atoms with Crippen LogP contribution < -0.4 is 27.7 Å². The van der Waals surface area contributed by atoms with E-state index in [2.05, 4.69) is 20.6 Å². The lowest BCUT2D eigenvalue weighted by Gasteiger charge is -2.13. The first-order chi connectivity index (χ1) is 19.6. The Morgan fingerprint density at radius 2 is 1.29 bits per heavy atom. The molecule has 0 saturated carbocycles. The Balaban J connectivity index is 1.34. The highest BCUT2D eigenvalue weighted by Gasteiger charge is 2.15. The highest BCUT2D eigenvalue weighted by molar-refractivity contribution is 5.82. The van der Waals surface area contributed by atoms with E-state index in [0.717, 1.165) is 22.5 Å². The normalized spacial score (nSPS) is 12.5. The fourth-order valence-corrected chi connectivity index (χ4v) is 4.36. The van der Waals surface area contributed by atoms with Gasteiger partial charge in [0.2, 0.25) is 11.8 Å². The molecule has 0 radical (unpaired) electrons. The Morgan fingerprint density at radius 1 is 0.805 bits per heavy atom. The van der Waals surface area contributed by atoms with Gasteiger partial charge >= 0.3 is 0 Å². The summed E-state index contributed by atoms with van der Waals surface area (Å²) in [7, 11) is 0. The third-order valence-electron chi connectivity index (χ3n) is 6.77. The average molecular weight is 565 g/mol. The van der Waals surface area contributed by atoms with E-state index in [9.17, 15) is 24.6 Å². The minimum Gasteiger partial charge on any atom is -0.508 e. The summed E-state index contributed by atoms with van der Waals surface area (Å²) in [5.74, 6) is -0.179. The number of benzene rings is 2. The summed E-state index contributed by atoms with van der Waals surface area (Å²) in [6.45, 7) is 2.70. The van der Waals surface area contributed by atoms with Gasteiger partial charge in [-0.15, -0.1) is 0 Å². The van der Waals surface area contributed by atoms with Crippen molar-refractivity contribution in [3.63, 3.8) is 0 Å². The minimum absolute atomic E-state index is 0.161. The first-order valence-electron chi connectivity index (χ1n) is 13.8. The molecule has 3 aromatic rings. The summed E-state index contributed by atoms with van der Waals surface area (Å²) in [6.07, 6.45) is 3.75. The van der Waals surface area contributed by atoms with Crippen LogP contribution in [0, 0.1) is 6.92 Å². The molecule has 2 amide bonds. The summed E-state index contributed by atoms with van der Waals surface area (Å²) >= 11 is 0. The Labute approximate surface area is 239 Å². The third-order valence-corrected chi connectivity index (χ3v) is 6.77. The van der Waals surface area contributed by atoms with E-state index >= 15 is 0 Å². The molecule has 1 aromatic heterocycles. The molecule has 0 aliphatic heterocycles. The zero-order chi connectivity index (χ0) is 29.8. The Morgan fingerprint density at radius 3 is 1.80 bits per heavy atom. The number of aromatic hydroxyl groups is 2. The van der Waals surface area contributed by atoms with Gasteiger partial charge in [0.15, 0.2) is 0 Å². The summed E-state index contributed by atoms with van der Waals surface area (Å²) in [6, 6.07) is 11.8. The van der Waals surface area contributed by atoms with Crippen molar-refractivity contribution < 1.29 is 19.8 Å². The number of carbonyl (C=O) groups is 2. The van der Waals surface area contributed by atoms with Crippen LogP contribution in [0.1, 0.15) is 47.5 Å². The highest BCUT2D eigenvalue weighted by atomic mass is 16.3. The molecule has 0 saturated heterocycles. The van der Waals surface area contributed by atoms with E-state index < -0.39 is 12.1 Å². The van der Waals surface area contributed by atoms with Crippen molar-refractivity contribution in [2.45, 2.75) is 64.0 Å². The standard InChI is InChI=1S/C30H40N6O5/c1-19-26(6-4-16-34-29(40)25(32)18-21-9-13-23(38)14-10-21)36-30(41)27(35-19)5-2-3-15-33-28(39)24(31)17-20-7-11-22(37)12-8-20/h7-14,24-25,37-38H,2-6,15-18,31-32H2,1H3,(H,33,39)(H,34,40)(H,36,41)/t24-,25-/m0/s1. The fraction of sp³-hybridized carbons (Fsp3) is 0.400. The van der Waals surface area contributed by atoms with Crippen molar-refractivity contribution >= 4 is 11.8 Å². The lowest BCUT2D eigenvalue weighted by atomic mass is 10.1. The van der Waals surface area contributed by atoms with E-state index in [1.165, 1.54) is 0 Å². The van der Waals surface area contributed by atoms with Crippen LogP contribution in [-0.4, -0.2) is 57.2 Å². The molecule has 0 aliphatic rings. The molecule has 0 unspecified atom stereocenters. The molecule has 2 atom stereocenters. The Bertz CT molecular complexity index is 1340. The van der Waals surface area contributed by atoms with Crippen LogP contribution in [0.5, 0.6) is 11.5 Å². The van der Waals surface area contributed by atoms with Crippen molar-refractivity contribution in [2.75, 3.05) is 13.1 Å². The lowest BCUT2D eigenvalue weighted by Crippen LogP contribution is -2.42. The van der Waals surface area contributed by atoms with Crippen molar-refractivity contribution in [3.8, 4) is 11.5 Å². The maximum absolute atomic E-state index is 12.6. The van der Waals surface area contributed by atoms with Gasteiger partial charge in [-0.05, 0) is 87.3 Å². The van der Waals surface area contributed by atoms with Gasteiger partial charge in [0, 0.05) is 18.8 Å². The zero-order valence-corrected chi connectivity index (χ0v) is 23.4. The smallest absolute Gasteiger partial charge is 0.269 e. The van der Waals surface area contributed by atoms with Gasteiger partial charge in [-0.2, -0.15) is 0 Å². The number of hydrogen-bond donors (Lipinski definition) is 7. The number of phenols is 2. The van der Waals surface area contributed by atoms with Crippen LogP contribution in [0.15, 0.2) is 53.3 Å². The summed E-state index contributed by atoms with van der Waals surface area (Å²) in [5.41, 5.74) is 15.4. The number of aromatic amines is 1. The van der Waals surface area contributed by atoms with E-state index in [1.807, 2.05) is 6.92 Å². The van der Waals surface area contributed by atoms with Crippen molar-refractivity contribution in [3.05, 3.63) is 87.1 Å². The molecule has 220 valence electrons. The largest absolute Gasteiger partial charge is 0.508 e. The SMILES string of the molecule is Cc1nc(CCCCNC(=O)[C@@H](N)Cc2ccc(O)cc2)c(=O)[nH]c1CCCNC(=O)[C@@H](N)Cc1ccc(O)cc1. The predicted molar refractivity (Wildman–Crippen MR) is 156 cm³/mol. The molecule has 1 heterocycles. The number of H-pyrrole nitrogens is 1. The quantitative estimate of drug-likeness (QED) is 0.133. The van der Waals surface area contributed by atoms with Crippen LogP contribution in [0.25, 0.3) is 0 Å². The molecular formula is C30H40N6O5. The van der Waals surface area contributed by atoms with Crippen LogP contribution in [0.4, 0.5) is 0 Å². The highest BCUT2D eigenvalue weighted by Crippen LogP contribution is 2.12. The first kappa shape index (κ1) is 31.3. The molecule has 0 aliphatic carbocycles. The third kappa shape index (κ3) is 10.4. The van der Waals surface area contributed by atoms with Crippen molar-refractivity contribution in [1.29, 1.82) is 0 Å². The Hall–Kier alpha value is -4.22. The molecule has 11 nitrogen and oxygen atoms in total. The molecular weight excluding hydrogens is 524 g/mol. The van der Waals surface area contributed by atoms with Crippen molar-refractivity contribution in [2.24, 2.45) is 11.5 Å². The van der Waals surface area contributed by atoms with Crippen LogP contribution in [0.2, 0.25) is 0 Å². The fourth-order valence-electron chi connectivity index (χ4n) is 4.36. The Kier molecular flexibility index (Phi) is 11.9. The van der Waals surface area contributed by atoms with Crippen molar-refractivity contribution in [1.82, 2.24) is 20.6 Å². The molecule has 2 aromatic carbocycles. The van der Waals surface area contributed by atoms with Crippen LogP contribution >= 0.6 is 0 Å². The average Bonchev–Trinajstić information content (AvgIpc) is 2.95. The van der Waals surface area contributed by atoms with Crippen LogP contribution in [0.3, 0.4) is 0 Å². The summed E-state index contributed by atoms with van der Waals surface area (Å²) in [4.78, 5) is 44.5. The van der Waals surface area contributed by atoms with Gasteiger partial charge in [0.1, 0.15) is 17.2 Å². The van der Waals surface area contributed by atoms with Gasteiger partial charge in [-0.25, -0.2) is 0 Å². The predicted octanol–water partition coefficient (Wildman–Crippen LogP) is 1.12. The van der Waals surface area contributed by atoms with E-state index in [0.29, 0.717) is 63.7 Å². The number of nitrogens with two attached hydrogens (primary N) is 2. The first-order valence-corrected chi connectivity index (χ1v) is 13.8. The number of amides is 2. The molecule has 9 N–H and O–H groups in total.